The van der Waals surface area contributed by atoms with Gasteiger partial charge >= 0.3 is 0 Å². The molecule has 4 rings (SSSR count). The summed E-state index contributed by atoms with van der Waals surface area (Å²) in [6.45, 7) is 6.78. The predicted octanol–water partition coefficient (Wildman–Crippen LogP) is 3.21. The van der Waals surface area contributed by atoms with E-state index >= 15 is 0 Å². The van der Waals surface area contributed by atoms with Crippen LogP contribution >= 0.6 is 0 Å². The lowest BCUT2D eigenvalue weighted by Gasteiger charge is -2.39. The van der Waals surface area contributed by atoms with Crippen molar-refractivity contribution in [3.8, 4) is 0 Å². The average molecular weight is 398 g/mol. The molecule has 0 aromatic heterocycles. The van der Waals surface area contributed by atoms with Crippen LogP contribution in [0.4, 0.5) is 0 Å². The molecule has 29 heavy (non-hydrogen) atoms. The Bertz CT molecular complexity index is 729. The molecule has 1 aliphatic carbocycles. The predicted molar refractivity (Wildman–Crippen MR) is 114 cm³/mol. The summed E-state index contributed by atoms with van der Waals surface area (Å²) < 4.78 is 0. The van der Waals surface area contributed by atoms with Crippen molar-refractivity contribution in [2.75, 3.05) is 32.7 Å². The molecule has 1 aromatic rings. The van der Waals surface area contributed by atoms with Crippen molar-refractivity contribution in [3.63, 3.8) is 0 Å². The van der Waals surface area contributed by atoms with E-state index in [-0.39, 0.29) is 11.9 Å². The first-order valence-corrected chi connectivity index (χ1v) is 11.5. The van der Waals surface area contributed by atoms with E-state index in [1.165, 1.54) is 43.2 Å². The Morgan fingerprint density at radius 1 is 1.00 bits per heavy atom. The molecule has 158 valence electrons. The molecular weight excluding hydrogens is 362 g/mol. The van der Waals surface area contributed by atoms with Crippen molar-refractivity contribution in [1.29, 1.82) is 0 Å². The van der Waals surface area contributed by atoms with Gasteiger partial charge in [-0.3, -0.25) is 14.5 Å². The van der Waals surface area contributed by atoms with Gasteiger partial charge in [0.1, 0.15) is 0 Å². The smallest absolute Gasteiger partial charge is 0.240 e. The largest absolute Gasteiger partial charge is 0.341 e. The fourth-order valence-electron chi connectivity index (χ4n) is 5.30. The van der Waals surface area contributed by atoms with E-state index in [1.807, 2.05) is 9.80 Å². The van der Waals surface area contributed by atoms with Gasteiger partial charge < -0.3 is 9.80 Å². The van der Waals surface area contributed by atoms with Gasteiger partial charge in [0.05, 0.1) is 6.04 Å². The number of hydrogen-bond acceptors (Lipinski definition) is 3. The Kier molecular flexibility index (Phi) is 6.53. The summed E-state index contributed by atoms with van der Waals surface area (Å²) in [4.78, 5) is 32.4. The van der Waals surface area contributed by atoms with Crippen molar-refractivity contribution in [2.24, 2.45) is 5.92 Å². The van der Waals surface area contributed by atoms with Crippen LogP contribution in [0.3, 0.4) is 0 Å². The van der Waals surface area contributed by atoms with Gasteiger partial charge in [0.2, 0.25) is 11.8 Å². The van der Waals surface area contributed by atoms with Crippen LogP contribution in [0, 0.1) is 12.8 Å². The highest BCUT2D eigenvalue weighted by molar-refractivity contribution is 5.83. The van der Waals surface area contributed by atoms with E-state index in [0.29, 0.717) is 24.8 Å². The zero-order valence-electron chi connectivity index (χ0n) is 17.8. The minimum Gasteiger partial charge on any atom is -0.341 e. The average Bonchev–Trinajstić information content (AvgIpc) is 2.94. The number of carbonyl (C=O) groups excluding carboxylic acids is 2. The van der Waals surface area contributed by atoms with E-state index < -0.39 is 0 Å². The van der Waals surface area contributed by atoms with Gasteiger partial charge in [-0.2, -0.15) is 0 Å². The minimum absolute atomic E-state index is 0.0685. The first kappa shape index (κ1) is 20.4. The van der Waals surface area contributed by atoms with Crippen LogP contribution in [-0.4, -0.2) is 65.3 Å². The van der Waals surface area contributed by atoms with Gasteiger partial charge in [-0.1, -0.05) is 49.1 Å². The number of carbonyl (C=O) groups is 2. The Hall–Kier alpha value is -1.88. The van der Waals surface area contributed by atoms with Crippen molar-refractivity contribution in [2.45, 2.75) is 64.5 Å². The monoisotopic (exact) mass is 397 g/mol. The number of fused-ring (bicyclic) bond motifs is 1. The summed E-state index contributed by atoms with van der Waals surface area (Å²) in [5.74, 6) is 1.12. The topological polar surface area (TPSA) is 43.9 Å². The normalized spacial score (nSPS) is 24.3. The summed E-state index contributed by atoms with van der Waals surface area (Å²) in [6, 6.07) is 8.35. The zero-order valence-corrected chi connectivity index (χ0v) is 17.8. The molecular formula is C24H35N3O2. The number of nitrogens with zero attached hydrogens (tertiary/aromatic N) is 3. The maximum absolute atomic E-state index is 13.2. The molecule has 1 aromatic carbocycles. The summed E-state index contributed by atoms with van der Waals surface area (Å²) >= 11 is 0. The molecule has 2 amide bonds. The minimum atomic E-state index is -0.0685. The van der Waals surface area contributed by atoms with Crippen LogP contribution in [-0.2, 0) is 16.1 Å². The van der Waals surface area contributed by atoms with Crippen LogP contribution in [0.2, 0.25) is 0 Å². The molecule has 2 saturated heterocycles. The maximum Gasteiger partial charge on any atom is 0.240 e. The van der Waals surface area contributed by atoms with E-state index in [0.717, 1.165) is 39.1 Å². The second kappa shape index (κ2) is 9.29. The standard InChI is InChI=1S/C24H35N3O2/c1-19-6-5-9-21(16-19)18-27-15-13-25-12-14-26(11-10-22(25)24(27)29)23(28)17-20-7-3-2-4-8-20/h5-6,9,16,20,22H,2-4,7-8,10-15,17-18H2,1H3. The highest BCUT2D eigenvalue weighted by Gasteiger charge is 2.37. The lowest BCUT2D eigenvalue weighted by molar-refractivity contribution is -0.142. The maximum atomic E-state index is 13.2. The van der Waals surface area contributed by atoms with E-state index in [1.54, 1.807) is 0 Å². The second-order valence-corrected chi connectivity index (χ2v) is 9.18. The number of hydrogen-bond donors (Lipinski definition) is 0. The molecule has 1 atom stereocenters. The zero-order chi connectivity index (χ0) is 20.2. The third-order valence-electron chi connectivity index (χ3n) is 7.02. The van der Waals surface area contributed by atoms with Crippen molar-refractivity contribution < 1.29 is 9.59 Å². The van der Waals surface area contributed by atoms with Gasteiger partial charge in [-0.25, -0.2) is 0 Å². The Balaban J connectivity index is 1.34. The molecule has 1 unspecified atom stereocenters. The molecule has 0 bridgehead atoms. The highest BCUT2D eigenvalue weighted by Crippen LogP contribution is 2.27. The van der Waals surface area contributed by atoms with Crippen LogP contribution in [0.5, 0.6) is 0 Å². The van der Waals surface area contributed by atoms with Gasteiger partial charge in [0.25, 0.3) is 0 Å². The molecule has 1 saturated carbocycles. The van der Waals surface area contributed by atoms with E-state index in [9.17, 15) is 9.59 Å². The quantitative estimate of drug-likeness (QED) is 0.784. The molecule has 3 fully saturated rings. The summed E-state index contributed by atoms with van der Waals surface area (Å²) in [7, 11) is 0. The van der Waals surface area contributed by atoms with E-state index in [2.05, 4.69) is 36.1 Å². The first-order chi connectivity index (χ1) is 14.1. The third-order valence-corrected chi connectivity index (χ3v) is 7.02. The van der Waals surface area contributed by atoms with Crippen molar-refractivity contribution in [3.05, 3.63) is 35.4 Å². The van der Waals surface area contributed by atoms with Crippen LogP contribution in [0.25, 0.3) is 0 Å². The highest BCUT2D eigenvalue weighted by atomic mass is 16.2. The van der Waals surface area contributed by atoms with Gasteiger partial charge in [0, 0.05) is 45.7 Å². The Morgan fingerprint density at radius 2 is 1.79 bits per heavy atom. The number of amides is 2. The number of aryl methyl sites for hydroxylation is 1. The van der Waals surface area contributed by atoms with Gasteiger partial charge in [-0.15, -0.1) is 0 Å². The Morgan fingerprint density at radius 3 is 2.59 bits per heavy atom. The SMILES string of the molecule is Cc1cccc(CN2CCN3CCN(C(=O)CC4CCCCC4)CCC3C2=O)c1. The van der Waals surface area contributed by atoms with Crippen molar-refractivity contribution in [1.82, 2.24) is 14.7 Å². The number of piperazine rings is 1. The van der Waals surface area contributed by atoms with Gasteiger partial charge in [-0.05, 0) is 37.7 Å². The molecule has 0 radical (unpaired) electrons. The second-order valence-electron chi connectivity index (χ2n) is 9.18. The molecule has 0 N–H and O–H groups in total. The Labute approximate surface area is 175 Å². The fraction of sp³-hybridized carbons (Fsp3) is 0.667. The lowest BCUT2D eigenvalue weighted by Crippen LogP contribution is -2.56. The first-order valence-electron chi connectivity index (χ1n) is 11.5. The van der Waals surface area contributed by atoms with Crippen LogP contribution in [0.1, 0.15) is 56.1 Å². The summed E-state index contributed by atoms with van der Waals surface area (Å²) in [6.07, 6.45) is 7.77. The van der Waals surface area contributed by atoms with Crippen LogP contribution in [0.15, 0.2) is 24.3 Å². The fourth-order valence-corrected chi connectivity index (χ4v) is 5.30. The molecule has 5 heteroatoms. The van der Waals surface area contributed by atoms with Gasteiger partial charge in [0.15, 0.2) is 0 Å². The summed E-state index contributed by atoms with van der Waals surface area (Å²) in [5.41, 5.74) is 2.43. The van der Waals surface area contributed by atoms with Crippen molar-refractivity contribution >= 4 is 11.8 Å². The lowest BCUT2D eigenvalue weighted by atomic mass is 9.86. The van der Waals surface area contributed by atoms with E-state index in [4.69, 9.17) is 0 Å². The molecule has 2 heterocycles. The molecule has 5 nitrogen and oxygen atoms in total. The summed E-state index contributed by atoms with van der Waals surface area (Å²) in [5, 5.41) is 0. The number of rotatable bonds is 4. The molecule has 0 spiro atoms. The number of benzene rings is 1. The molecule has 3 aliphatic rings. The molecule has 2 aliphatic heterocycles. The van der Waals surface area contributed by atoms with Crippen LogP contribution < -0.4 is 0 Å². The third kappa shape index (κ3) is 5.00.